The Bertz CT molecular complexity index is 1280. The van der Waals surface area contributed by atoms with E-state index >= 15 is 0 Å². The molecule has 1 aromatic heterocycles. The molecule has 0 amide bonds. The van der Waals surface area contributed by atoms with Gasteiger partial charge in [0.25, 0.3) is 6.43 Å². The highest BCUT2D eigenvalue weighted by Crippen LogP contribution is 2.40. The summed E-state index contributed by atoms with van der Waals surface area (Å²) in [6.07, 6.45) is 5.16. The van der Waals surface area contributed by atoms with E-state index in [1.54, 1.807) is 6.92 Å². The number of nitrogens with one attached hydrogen (secondary N) is 1. The van der Waals surface area contributed by atoms with Gasteiger partial charge in [-0.25, -0.2) is 23.1 Å². The number of aryl methyl sites for hydroxylation is 1. The molecule has 2 saturated heterocycles. The van der Waals surface area contributed by atoms with Gasteiger partial charge in [-0.3, -0.25) is 9.69 Å². The zero-order valence-electron chi connectivity index (χ0n) is 23.4. The summed E-state index contributed by atoms with van der Waals surface area (Å²) in [5.41, 5.74) is 1.30. The highest BCUT2D eigenvalue weighted by Gasteiger charge is 2.43. The second-order valence-electron chi connectivity index (χ2n) is 12.5. The number of benzene rings is 1. The van der Waals surface area contributed by atoms with Crippen LogP contribution in [0.25, 0.3) is 0 Å². The van der Waals surface area contributed by atoms with Crippen molar-refractivity contribution in [1.29, 1.82) is 0 Å². The maximum Gasteiger partial charge on any atom is 0.266 e. The summed E-state index contributed by atoms with van der Waals surface area (Å²) in [5.74, 6) is 1.14. The SMILES string of the molecule is C[C@@H](Nc1nc(Cl)nc2c1CC(CCC(=O)C1CCC3CC(C1)N(C1COC1)C3)CC2)c1cccc(C(F)F)c1F. The van der Waals surface area contributed by atoms with Crippen LogP contribution in [0.4, 0.5) is 19.0 Å². The topological polar surface area (TPSA) is 67.4 Å². The van der Waals surface area contributed by atoms with E-state index in [9.17, 15) is 18.0 Å². The molecule has 2 aromatic rings. The van der Waals surface area contributed by atoms with Crippen molar-refractivity contribution in [1.82, 2.24) is 14.9 Å². The lowest BCUT2D eigenvalue weighted by molar-refractivity contribution is -0.124. The van der Waals surface area contributed by atoms with Crippen LogP contribution in [0.2, 0.25) is 5.28 Å². The van der Waals surface area contributed by atoms with Gasteiger partial charge in [0.05, 0.1) is 36.6 Å². The number of fused-ring (bicyclic) bond motifs is 3. The maximum absolute atomic E-state index is 14.8. The van der Waals surface area contributed by atoms with E-state index in [0.717, 1.165) is 75.6 Å². The van der Waals surface area contributed by atoms with Crippen molar-refractivity contribution in [2.75, 3.05) is 25.1 Å². The van der Waals surface area contributed by atoms with Gasteiger partial charge in [-0.15, -0.1) is 0 Å². The van der Waals surface area contributed by atoms with E-state index in [4.69, 9.17) is 16.3 Å². The van der Waals surface area contributed by atoms with E-state index < -0.39 is 23.8 Å². The standard InChI is InChI=1S/C31H38ClF3N4O2/c1-17(23-3-2-4-24(28(23)33)29(34)35)36-30-25-12-18(6-9-26(25)37-31(32)38-30)7-10-27(40)20-8-5-19-11-21(13-20)39(14-19)22-15-41-16-22/h2-4,17-22,29H,5-16H2,1H3,(H,36,37,38)/t17-,18?,19?,20?,21?/m1/s1. The summed E-state index contributed by atoms with van der Waals surface area (Å²) < 4.78 is 46.8. The Hall–Kier alpha value is -2.23. The molecule has 3 heterocycles. The molecule has 10 heteroatoms. The molecule has 222 valence electrons. The third kappa shape index (κ3) is 6.13. The number of alkyl halides is 2. The van der Waals surface area contributed by atoms with Gasteiger partial charge < -0.3 is 10.1 Å². The van der Waals surface area contributed by atoms with Crippen molar-refractivity contribution in [3.63, 3.8) is 0 Å². The molecular weight excluding hydrogens is 553 g/mol. The van der Waals surface area contributed by atoms with Crippen molar-refractivity contribution in [3.8, 4) is 0 Å². The summed E-state index contributed by atoms with van der Waals surface area (Å²) in [4.78, 5) is 24.9. The number of likely N-dealkylation sites (tertiary alicyclic amines) is 1. The van der Waals surface area contributed by atoms with Crippen LogP contribution in [0.5, 0.6) is 0 Å². The van der Waals surface area contributed by atoms with Gasteiger partial charge in [-0.1, -0.05) is 18.2 Å². The van der Waals surface area contributed by atoms with Crippen LogP contribution < -0.4 is 5.32 Å². The average Bonchev–Trinajstić information content (AvgIpc) is 3.16. The smallest absolute Gasteiger partial charge is 0.266 e. The van der Waals surface area contributed by atoms with Crippen LogP contribution in [0.15, 0.2) is 18.2 Å². The minimum atomic E-state index is -2.89. The van der Waals surface area contributed by atoms with Gasteiger partial charge in [-0.05, 0) is 81.7 Å². The minimum Gasteiger partial charge on any atom is -0.378 e. The molecule has 1 saturated carbocycles. The molecule has 1 N–H and O–H groups in total. The Morgan fingerprint density at radius 2 is 1.95 bits per heavy atom. The van der Waals surface area contributed by atoms with Gasteiger partial charge in [0.15, 0.2) is 0 Å². The fourth-order valence-corrected chi connectivity index (χ4v) is 7.63. The Kier molecular flexibility index (Phi) is 8.57. The normalized spacial score (nSPS) is 27.3. The van der Waals surface area contributed by atoms with Gasteiger partial charge in [0.1, 0.15) is 17.4 Å². The van der Waals surface area contributed by atoms with Crippen LogP contribution in [0, 0.1) is 23.6 Å². The quantitative estimate of drug-likeness (QED) is 0.327. The first kappa shape index (κ1) is 28.9. The number of halogens is 4. The molecule has 1 aromatic carbocycles. The number of ether oxygens (including phenoxy) is 1. The molecule has 0 spiro atoms. The molecule has 41 heavy (non-hydrogen) atoms. The second kappa shape index (κ2) is 12.2. The van der Waals surface area contributed by atoms with Crippen LogP contribution >= 0.6 is 11.6 Å². The van der Waals surface area contributed by atoms with Crippen molar-refractivity contribution in [2.24, 2.45) is 17.8 Å². The number of Topliss-reactive ketones (excluding diaryl/α,β-unsaturated/α-hetero) is 1. The first-order valence-electron chi connectivity index (χ1n) is 15.0. The first-order valence-corrected chi connectivity index (χ1v) is 15.4. The Balaban J connectivity index is 1.09. The van der Waals surface area contributed by atoms with Crippen molar-refractivity contribution in [2.45, 2.75) is 89.3 Å². The lowest BCUT2D eigenvalue weighted by Crippen LogP contribution is -2.51. The predicted molar refractivity (Wildman–Crippen MR) is 151 cm³/mol. The fourth-order valence-electron chi connectivity index (χ4n) is 7.44. The molecule has 4 unspecified atom stereocenters. The number of anilines is 1. The average molecular weight is 591 g/mol. The molecule has 5 atom stereocenters. The molecule has 2 bridgehead atoms. The number of hydrogen-bond acceptors (Lipinski definition) is 6. The number of hydrogen-bond donors (Lipinski definition) is 1. The Morgan fingerprint density at radius 3 is 2.71 bits per heavy atom. The monoisotopic (exact) mass is 590 g/mol. The highest BCUT2D eigenvalue weighted by molar-refractivity contribution is 6.28. The van der Waals surface area contributed by atoms with Crippen LogP contribution in [0.1, 0.15) is 86.7 Å². The van der Waals surface area contributed by atoms with Crippen LogP contribution in [-0.2, 0) is 22.4 Å². The van der Waals surface area contributed by atoms with Gasteiger partial charge >= 0.3 is 0 Å². The van der Waals surface area contributed by atoms with Gasteiger partial charge in [-0.2, -0.15) is 0 Å². The molecule has 2 aliphatic heterocycles. The molecule has 3 fully saturated rings. The summed E-state index contributed by atoms with van der Waals surface area (Å²) in [6.45, 7) is 4.53. The summed E-state index contributed by atoms with van der Waals surface area (Å²) in [7, 11) is 0. The number of ketones is 1. The van der Waals surface area contributed by atoms with Crippen molar-refractivity contribution < 1.29 is 22.7 Å². The van der Waals surface area contributed by atoms with Crippen LogP contribution in [0.3, 0.4) is 0 Å². The number of rotatable bonds is 9. The molecular formula is C31H38ClF3N4O2. The minimum absolute atomic E-state index is 0.0963. The lowest BCUT2D eigenvalue weighted by Gasteiger charge is -2.40. The van der Waals surface area contributed by atoms with Crippen molar-refractivity contribution >= 4 is 23.2 Å². The summed E-state index contributed by atoms with van der Waals surface area (Å²) in [6, 6.07) is 4.47. The van der Waals surface area contributed by atoms with Crippen molar-refractivity contribution in [3.05, 3.63) is 51.7 Å². The number of aromatic nitrogens is 2. The third-order valence-electron chi connectivity index (χ3n) is 9.83. The summed E-state index contributed by atoms with van der Waals surface area (Å²) >= 11 is 6.23. The van der Waals surface area contributed by atoms with E-state index in [1.807, 2.05) is 0 Å². The van der Waals surface area contributed by atoms with E-state index in [1.165, 1.54) is 18.6 Å². The van der Waals surface area contributed by atoms with Gasteiger partial charge in [0.2, 0.25) is 5.28 Å². The zero-order chi connectivity index (χ0) is 28.7. The second-order valence-corrected chi connectivity index (χ2v) is 12.8. The number of carbonyl (C=O) groups is 1. The number of carbonyl (C=O) groups excluding carboxylic acids is 1. The summed E-state index contributed by atoms with van der Waals surface area (Å²) in [5, 5.41) is 3.31. The molecule has 4 aliphatic rings. The van der Waals surface area contributed by atoms with E-state index in [0.29, 0.717) is 48.4 Å². The van der Waals surface area contributed by atoms with E-state index in [2.05, 4.69) is 20.2 Å². The largest absolute Gasteiger partial charge is 0.378 e. The van der Waals surface area contributed by atoms with E-state index in [-0.39, 0.29) is 16.8 Å². The van der Waals surface area contributed by atoms with Crippen LogP contribution in [-0.4, -0.2) is 52.5 Å². The molecule has 6 rings (SSSR count). The number of nitrogens with zero attached hydrogens (tertiary/aromatic N) is 3. The zero-order valence-corrected chi connectivity index (χ0v) is 24.2. The van der Waals surface area contributed by atoms with Gasteiger partial charge in [0, 0.05) is 36.1 Å². The third-order valence-corrected chi connectivity index (χ3v) is 10.00. The Morgan fingerprint density at radius 1 is 1.15 bits per heavy atom. The molecule has 2 aliphatic carbocycles. The predicted octanol–water partition coefficient (Wildman–Crippen LogP) is 6.72. The lowest BCUT2D eigenvalue weighted by atomic mass is 9.81. The first-order chi connectivity index (χ1) is 19.8. The molecule has 6 nitrogen and oxygen atoms in total. The fraction of sp³-hybridized carbons (Fsp3) is 0.645. The Labute approximate surface area is 244 Å². The molecule has 0 radical (unpaired) electrons. The maximum atomic E-state index is 14.8. The highest BCUT2D eigenvalue weighted by atomic mass is 35.5.